The van der Waals surface area contributed by atoms with Gasteiger partial charge in [-0.15, -0.1) is 0 Å². The second-order valence-electron chi connectivity index (χ2n) is 8.35. The molecule has 1 heterocycles. The molecule has 0 radical (unpaired) electrons. The van der Waals surface area contributed by atoms with E-state index in [0.29, 0.717) is 24.2 Å². The highest BCUT2D eigenvalue weighted by Gasteiger charge is 2.30. The molecule has 0 bridgehead atoms. The Morgan fingerprint density at radius 1 is 1.00 bits per heavy atom. The van der Waals surface area contributed by atoms with Gasteiger partial charge in [-0.2, -0.15) is 0 Å². The van der Waals surface area contributed by atoms with Crippen LogP contribution in [0.5, 0.6) is 0 Å². The number of carbonyl (C=O) groups is 1. The number of hydrogen-bond acceptors (Lipinski definition) is 4. The van der Waals surface area contributed by atoms with E-state index < -0.39 is 10.0 Å². The lowest BCUT2D eigenvalue weighted by Gasteiger charge is -2.37. The van der Waals surface area contributed by atoms with Crippen LogP contribution in [0.3, 0.4) is 0 Å². The molecule has 6 nitrogen and oxygen atoms in total. The molecule has 0 aromatic heterocycles. The summed E-state index contributed by atoms with van der Waals surface area (Å²) in [6.07, 6.45) is -0.353. The van der Waals surface area contributed by atoms with Crippen molar-refractivity contribution in [1.82, 2.24) is 9.62 Å². The first kappa shape index (κ1) is 23.2. The Labute approximate surface area is 195 Å². The molecule has 33 heavy (non-hydrogen) atoms. The van der Waals surface area contributed by atoms with Crippen LogP contribution in [0.1, 0.15) is 40.1 Å². The van der Waals surface area contributed by atoms with E-state index in [1.165, 1.54) is 6.07 Å². The monoisotopic (exact) mass is 464 g/mol. The van der Waals surface area contributed by atoms with Crippen LogP contribution in [-0.2, 0) is 21.3 Å². The Bertz CT molecular complexity index is 1210. The maximum Gasteiger partial charge on any atom is 0.254 e. The van der Waals surface area contributed by atoms with Crippen molar-refractivity contribution >= 4 is 15.9 Å². The van der Waals surface area contributed by atoms with Gasteiger partial charge in [0.25, 0.3) is 5.91 Å². The molecule has 1 amide bonds. The van der Waals surface area contributed by atoms with Crippen LogP contribution in [0, 0.1) is 6.92 Å². The first-order valence-corrected chi connectivity index (χ1v) is 12.5. The van der Waals surface area contributed by atoms with Crippen LogP contribution in [-0.4, -0.2) is 38.4 Å². The van der Waals surface area contributed by atoms with E-state index in [4.69, 9.17) is 4.74 Å². The van der Waals surface area contributed by atoms with Gasteiger partial charge in [0.15, 0.2) is 0 Å². The highest BCUT2D eigenvalue weighted by Crippen LogP contribution is 2.27. The maximum atomic E-state index is 13.3. The van der Waals surface area contributed by atoms with Crippen molar-refractivity contribution in [3.8, 4) is 0 Å². The molecule has 1 N–H and O–H groups in total. The van der Waals surface area contributed by atoms with Crippen LogP contribution in [0.25, 0.3) is 0 Å². The first-order valence-electron chi connectivity index (χ1n) is 11.0. The summed E-state index contributed by atoms with van der Waals surface area (Å²) in [5.74, 6) is -0.203. The molecular weight excluding hydrogens is 436 g/mol. The van der Waals surface area contributed by atoms with Crippen molar-refractivity contribution in [3.05, 3.63) is 101 Å². The fourth-order valence-corrected chi connectivity index (χ4v) is 5.31. The summed E-state index contributed by atoms with van der Waals surface area (Å²) in [4.78, 5) is 15.2. The molecule has 1 saturated heterocycles. The third-order valence-corrected chi connectivity index (χ3v) is 7.30. The van der Waals surface area contributed by atoms with E-state index >= 15 is 0 Å². The minimum atomic E-state index is -3.79. The summed E-state index contributed by atoms with van der Waals surface area (Å²) in [6.45, 7) is 4.71. The summed E-state index contributed by atoms with van der Waals surface area (Å²) >= 11 is 0. The van der Waals surface area contributed by atoms with E-state index in [2.05, 4.69) is 4.72 Å². The zero-order valence-electron chi connectivity index (χ0n) is 18.8. The SMILES string of the molecule is Cc1ccc(C(=O)N2CC(C)OC(c3ccccc3)C2)cc1S(=O)(=O)NCc1ccccc1. The Morgan fingerprint density at radius 2 is 1.67 bits per heavy atom. The lowest BCUT2D eigenvalue weighted by Crippen LogP contribution is -2.46. The largest absolute Gasteiger partial charge is 0.367 e. The minimum Gasteiger partial charge on any atom is -0.367 e. The lowest BCUT2D eigenvalue weighted by atomic mass is 10.1. The molecule has 4 rings (SSSR count). The molecule has 3 aromatic carbocycles. The number of ether oxygens (including phenoxy) is 1. The number of sulfonamides is 1. The summed E-state index contributed by atoms with van der Waals surface area (Å²) in [6, 6.07) is 24.0. The van der Waals surface area contributed by atoms with Crippen molar-refractivity contribution in [1.29, 1.82) is 0 Å². The summed E-state index contributed by atoms with van der Waals surface area (Å²) in [7, 11) is -3.79. The predicted molar refractivity (Wildman–Crippen MR) is 127 cm³/mol. The number of amides is 1. The van der Waals surface area contributed by atoms with Gasteiger partial charge in [0.2, 0.25) is 10.0 Å². The molecule has 2 unspecified atom stereocenters. The molecule has 0 spiro atoms. The maximum absolute atomic E-state index is 13.3. The van der Waals surface area contributed by atoms with Crippen LogP contribution in [0.15, 0.2) is 83.8 Å². The van der Waals surface area contributed by atoms with Gasteiger partial charge in [0, 0.05) is 18.7 Å². The van der Waals surface area contributed by atoms with Gasteiger partial charge >= 0.3 is 0 Å². The van der Waals surface area contributed by atoms with Crippen molar-refractivity contribution in [3.63, 3.8) is 0 Å². The molecule has 1 aliphatic heterocycles. The topological polar surface area (TPSA) is 75.7 Å². The third kappa shape index (κ3) is 5.50. The zero-order chi connectivity index (χ0) is 23.4. The smallest absolute Gasteiger partial charge is 0.254 e. The molecule has 0 saturated carbocycles. The van der Waals surface area contributed by atoms with Crippen molar-refractivity contribution < 1.29 is 17.9 Å². The molecule has 3 aromatic rings. The highest BCUT2D eigenvalue weighted by molar-refractivity contribution is 7.89. The van der Waals surface area contributed by atoms with Crippen LogP contribution < -0.4 is 4.72 Å². The molecular formula is C26H28N2O4S. The van der Waals surface area contributed by atoms with Gasteiger partial charge in [-0.25, -0.2) is 13.1 Å². The fraction of sp³-hybridized carbons (Fsp3) is 0.269. The van der Waals surface area contributed by atoms with Gasteiger partial charge in [-0.1, -0.05) is 66.7 Å². The number of morpholine rings is 1. The van der Waals surface area contributed by atoms with Gasteiger partial charge in [-0.3, -0.25) is 4.79 Å². The van der Waals surface area contributed by atoms with Gasteiger partial charge < -0.3 is 9.64 Å². The molecule has 1 aliphatic rings. The van der Waals surface area contributed by atoms with E-state index in [1.807, 2.05) is 67.6 Å². The Balaban J connectivity index is 1.54. The number of hydrogen-bond donors (Lipinski definition) is 1. The van der Waals surface area contributed by atoms with E-state index in [9.17, 15) is 13.2 Å². The normalized spacial score (nSPS) is 18.8. The second-order valence-corrected chi connectivity index (χ2v) is 10.1. The van der Waals surface area contributed by atoms with Crippen molar-refractivity contribution in [2.24, 2.45) is 0 Å². The molecule has 7 heteroatoms. The highest BCUT2D eigenvalue weighted by atomic mass is 32.2. The van der Waals surface area contributed by atoms with Crippen molar-refractivity contribution in [2.75, 3.05) is 13.1 Å². The average molecular weight is 465 g/mol. The van der Waals surface area contributed by atoms with E-state index in [1.54, 1.807) is 24.0 Å². The van der Waals surface area contributed by atoms with Gasteiger partial charge in [0.05, 0.1) is 17.5 Å². The van der Waals surface area contributed by atoms with Crippen molar-refractivity contribution in [2.45, 2.75) is 37.5 Å². The number of benzene rings is 3. The van der Waals surface area contributed by atoms with Crippen LogP contribution >= 0.6 is 0 Å². The van der Waals surface area contributed by atoms with E-state index in [0.717, 1.165) is 11.1 Å². The fourth-order valence-electron chi connectivity index (χ4n) is 4.03. The van der Waals surface area contributed by atoms with Gasteiger partial charge in [0.1, 0.15) is 6.10 Å². The minimum absolute atomic E-state index is 0.116. The predicted octanol–water partition coefficient (Wildman–Crippen LogP) is 4.08. The lowest BCUT2D eigenvalue weighted by molar-refractivity contribution is -0.0691. The standard InChI is InChI=1S/C26H28N2O4S/c1-19-13-14-23(15-25(19)33(30,31)27-16-21-9-5-3-6-10-21)26(29)28-17-20(2)32-24(18-28)22-11-7-4-8-12-22/h3-15,20,24,27H,16-18H2,1-2H3. The molecule has 0 aliphatic carbocycles. The Morgan fingerprint density at radius 3 is 2.36 bits per heavy atom. The summed E-state index contributed by atoms with van der Waals surface area (Å²) < 4.78 is 34.7. The summed E-state index contributed by atoms with van der Waals surface area (Å²) in [5.41, 5.74) is 2.81. The Hall–Kier alpha value is -3.00. The van der Waals surface area contributed by atoms with E-state index in [-0.39, 0.29) is 29.6 Å². The number of carbonyl (C=O) groups excluding carboxylic acids is 1. The van der Waals surface area contributed by atoms with Crippen LogP contribution in [0.2, 0.25) is 0 Å². The molecule has 172 valence electrons. The number of nitrogens with one attached hydrogen (secondary N) is 1. The quantitative estimate of drug-likeness (QED) is 0.597. The van der Waals surface area contributed by atoms with Gasteiger partial charge in [-0.05, 0) is 42.7 Å². The Kier molecular flexibility index (Phi) is 6.93. The number of aryl methyl sites for hydroxylation is 1. The average Bonchev–Trinajstić information content (AvgIpc) is 2.83. The number of nitrogens with zero attached hydrogens (tertiary/aromatic N) is 1. The van der Waals surface area contributed by atoms with Crippen LogP contribution in [0.4, 0.5) is 0 Å². The third-order valence-electron chi connectivity index (χ3n) is 5.75. The molecule has 2 atom stereocenters. The first-order chi connectivity index (χ1) is 15.8. The number of rotatable bonds is 6. The summed E-state index contributed by atoms with van der Waals surface area (Å²) in [5, 5.41) is 0. The zero-order valence-corrected chi connectivity index (χ0v) is 19.6. The second kappa shape index (κ2) is 9.87. The molecule has 1 fully saturated rings.